The van der Waals surface area contributed by atoms with Gasteiger partial charge >= 0.3 is 18.9 Å². The van der Waals surface area contributed by atoms with Crippen molar-refractivity contribution in [3.8, 4) is 0 Å². The fourth-order valence-corrected chi connectivity index (χ4v) is 1.35. The van der Waals surface area contributed by atoms with Crippen molar-refractivity contribution in [3.05, 3.63) is 28.8 Å². The van der Waals surface area contributed by atoms with Crippen LogP contribution in [0.25, 0.3) is 0 Å². The van der Waals surface area contributed by atoms with Crippen LogP contribution >= 0.6 is 0 Å². The van der Waals surface area contributed by atoms with Gasteiger partial charge in [0.05, 0.1) is 0 Å². The summed E-state index contributed by atoms with van der Waals surface area (Å²) >= 11 is 5.05. The van der Waals surface area contributed by atoms with Crippen molar-refractivity contribution in [2.45, 2.75) is 25.7 Å². The van der Waals surface area contributed by atoms with E-state index in [0.717, 1.165) is 4.90 Å². The van der Waals surface area contributed by atoms with Crippen LogP contribution in [0.2, 0.25) is 0 Å². The molecule has 0 atom stereocenters. The largest absolute Gasteiger partial charge is 1.00 e. The van der Waals surface area contributed by atoms with E-state index in [0.29, 0.717) is 0 Å². The van der Waals surface area contributed by atoms with Crippen LogP contribution in [0.15, 0.2) is 17.0 Å². The Labute approximate surface area is 86.0 Å². The van der Waals surface area contributed by atoms with Gasteiger partial charge in [0.2, 0.25) is 0 Å². The number of hydrogen-bond acceptors (Lipinski definition) is 1. The Kier molecular flexibility index (Phi) is 4.17. The zero-order valence-corrected chi connectivity index (χ0v) is 8.38. The molecule has 1 aromatic rings. The summed E-state index contributed by atoms with van der Waals surface area (Å²) in [4.78, 5) is 0.945. The first-order valence-electron chi connectivity index (χ1n) is 3.36. The molecule has 0 spiro atoms. The standard InChI is InChI=1S/C9H12S.Li/c1-6-4-9(10)5-7(2)8(6)3;/h4-5,10H,1-3H3;/q;+1/p-1. The Bertz CT molecular complexity index is 233. The molecule has 0 aromatic heterocycles. The number of benzene rings is 1. The number of aryl methyl sites for hydroxylation is 2. The fourth-order valence-electron chi connectivity index (χ4n) is 0.996. The minimum Gasteiger partial charge on any atom is -0.780 e. The molecule has 0 heterocycles. The van der Waals surface area contributed by atoms with Crippen molar-refractivity contribution in [1.82, 2.24) is 0 Å². The molecule has 1 rings (SSSR count). The van der Waals surface area contributed by atoms with Gasteiger partial charge < -0.3 is 12.6 Å². The smallest absolute Gasteiger partial charge is 0.780 e. The second kappa shape index (κ2) is 4.16. The summed E-state index contributed by atoms with van der Waals surface area (Å²) in [5.41, 5.74) is 3.95. The van der Waals surface area contributed by atoms with Gasteiger partial charge in [-0.2, -0.15) is 4.90 Å². The molecule has 0 bridgehead atoms. The Balaban J connectivity index is 0.000001000. The predicted octanol–water partition coefficient (Wildman–Crippen LogP) is -0.478. The molecule has 0 unspecified atom stereocenters. The molecular weight excluding hydrogens is 147 g/mol. The molecule has 0 aliphatic carbocycles. The molecule has 0 fully saturated rings. The first kappa shape index (κ1) is 11.0. The summed E-state index contributed by atoms with van der Waals surface area (Å²) in [6.45, 7) is 6.32. The average Bonchev–Trinajstić information content (AvgIpc) is 1.82. The summed E-state index contributed by atoms with van der Waals surface area (Å²) < 4.78 is 0. The summed E-state index contributed by atoms with van der Waals surface area (Å²) in [7, 11) is 0. The van der Waals surface area contributed by atoms with Crippen molar-refractivity contribution in [2.24, 2.45) is 0 Å². The van der Waals surface area contributed by atoms with Gasteiger partial charge in [-0.1, -0.05) is 12.1 Å². The first-order chi connectivity index (χ1) is 4.61. The van der Waals surface area contributed by atoms with Crippen LogP contribution in [0, 0.1) is 20.8 Å². The van der Waals surface area contributed by atoms with Crippen LogP contribution < -0.4 is 18.9 Å². The maximum absolute atomic E-state index is 5.05. The van der Waals surface area contributed by atoms with E-state index in [1.54, 1.807) is 0 Å². The summed E-state index contributed by atoms with van der Waals surface area (Å²) in [5.74, 6) is 0. The maximum atomic E-state index is 5.05. The SMILES string of the molecule is Cc1cc([S-])cc(C)c1C.[Li+]. The summed E-state index contributed by atoms with van der Waals surface area (Å²) in [6.07, 6.45) is 0. The minimum atomic E-state index is 0. The van der Waals surface area contributed by atoms with Crippen LogP contribution in [-0.4, -0.2) is 0 Å². The fraction of sp³-hybridized carbons (Fsp3) is 0.333. The van der Waals surface area contributed by atoms with Gasteiger partial charge in [0.1, 0.15) is 0 Å². The van der Waals surface area contributed by atoms with Gasteiger partial charge in [0, 0.05) is 0 Å². The van der Waals surface area contributed by atoms with Gasteiger partial charge in [-0.15, -0.1) is 0 Å². The molecular formula is C9H11LiS. The van der Waals surface area contributed by atoms with Crippen LogP contribution in [-0.2, 0) is 12.6 Å². The van der Waals surface area contributed by atoms with Crippen LogP contribution in [0.4, 0.5) is 0 Å². The molecule has 2 heteroatoms. The molecule has 0 saturated heterocycles. The second-order valence-corrected chi connectivity index (χ2v) is 3.15. The number of rotatable bonds is 0. The van der Waals surface area contributed by atoms with Gasteiger partial charge in [-0.3, -0.25) is 0 Å². The molecule has 0 amide bonds. The van der Waals surface area contributed by atoms with E-state index in [4.69, 9.17) is 12.6 Å². The molecule has 1 aromatic carbocycles. The quantitative estimate of drug-likeness (QED) is 0.363. The third-order valence-corrected chi connectivity index (χ3v) is 2.14. The Morgan fingerprint density at radius 2 is 1.36 bits per heavy atom. The maximum Gasteiger partial charge on any atom is 1.00 e. The molecule has 54 valence electrons. The van der Waals surface area contributed by atoms with Gasteiger partial charge in [0.25, 0.3) is 0 Å². The molecule has 0 nitrogen and oxygen atoms in total. The van der Waals surface area contributed by atoms with Crippen LogP contribution in [0.3, 0.4) is 0 Å². The molecule has 0 aliphatic rings. The Morgan fingerprint density at radius 3 is 1.73 bits per heavy atom. The van der Waals surface area contributed by atoms with Crippen molar-refractivity contribution in [1.29, 1.82) is 0 Å². The normalized spacial score (nSPS) is 9.00. The van der Waals surface area contributed by atoms with Gasteiger partial charge in [0.15, 0.2) is 0 Å². The molecule has 0 radical (unpaired) electrons. The molecule has 0 aliphatic heterocycles. The second-order valence-electron chi connectivity index (χ2n) is 2.68. The summed E-state index contributed by atoms with van der Waals surface area (Å²) in [6, 6.07) is 4.08. The van der Waals surface area contributed by atoms with E-state index < -0.39 is 0 Å². The van der Waals surface area contributed by atoms with E-state index in [1.807, 2.05) is 12.1 Å². The van der Waals surface area contributed by atoms with E-state index in [2.05, 4.69) is 20.8 Å². The zero-order chi connectivity index (χ0) is 7.72. The zero-order valence-electron chi connectivity index (χ0n) is 7.56. The van der Waals surface area contributed by atoms with Crippen LogP contribution in [0.5, 0.6) is 0 Å². The number of hydrogen-bond donors (Lipinski definition) is 0. The molecule has 0 saturated carbocycles. The first-order valence-corrected chi connectivity index (χ1v) is 3.77. The van der Waals surface area contributed by atoms with Crippen molar-refractivity contribution >= 4 is 12.6 Å². The average molecular weight is 158 g/mol. The van der Waals surface area contributed by atoms with Gasteiger partial charge in [-0.25, -0.2) is 0 Å². The van der Waals surface area contributed by atoms with Gasteiger partial charge in [-0.05, 0) is 37.5 Å². The molecule has 11 heavy (non-hydrogen) atoms. The Morgan fingerprint density at radius 1 is 1.00 bits per heavy atom. The van der Waals surface area contributed by atoms with Crippen LogP contribution in [0.1, 0.15) is 16.7 Å². The van der Waals surface area contributed by atoms with Crippen molar-refractivity contribution in [2.75, 3.05) is 0 Å². The van der Waals surface area contributed by atoms with E-state index >= 15 is 0 Å². The third-order valence-electron chi connectivity index (χ3n) is 1.90. The van der Waals surface area contributed by atoms with E-state index in [9.17, 15) is 0 Å². The van der Waals surface area contributed by atoms with Crippen molar-refractivity contribution < 1.29 is 18.9 Å². The predicted molar refractivity (Wildman–Crippen MR) is 46.3 cm³/mol. The summed E-state index contributed by atoms with van der Waals surface area (Å²) in [5, 5.41) is 0. The minimum absolute atomic E-state index is 0. The topological polar surface area (TPSA) is 0 Å². The van der Waals surface area contributed by atoms with E-state index in [1.165, 1.54) is 16.7 Å². The molecule has 0 N–H and O–H groups in total. The Hall–Kier alpha value is 0.0374. The van der Waals surface area contributed by atoms with E-state index in [-0.39, 0.29) is 18.9 Å². The third kappa shape index (κ3) is 2.52. The van der Waals surface area contributed by atoms with Crippen molar-refractivity contribution in [3.63, 3.8) is 0 Å². The monoisotopic (exact) mass is 158 g/mol.